The van der Waals surface area contributed by atoms with Crippen molar-refractivity contribution in [3.05, 3.63) is 11.9 Å². The van der Waals surface area contributed by atoms with Crippen LogP contribution in [-0.4, -0.2) is 49.1 Å². The van der Waals surface area contributed by atoms with Gasteiger partial charge in [0.2, 0.25) is 0 Å². The highest BCUT2D eigenvalue weighted by Gasteiger charge is 2.06. The number of aryl methyl sites for hydroxylation is 1. The topological polar surface area (TPSA) is 70.3 Å². The molecule has 17 heavy (non-hydrogen) atoms. The van der Waals surface area contributed by atoms with Crippen molar-refractivity contribution < 1.29 is 0 Å². The van der Waals surface area contributed by atoms with Crippen molar-refractivity contribution in [2.45, 2.75) is 13.3 Å². The van der Waals surface area contributed by atoms with Gasteiger partial charge in [-0.25, -0.2) is 15.8 Å². The number of aromatic nitrogens is 2. The number of nitrogens with one attached hydrogen (secondary N) is 1. The van der Waals surface area contributed by atoms with Crippen LogP contribution in [0.3, 0.4) is 0 Å². The zero-order valence-corrected chi connectivity index (χ0v) is 11.1. The Balaban J connectivity index is 2.61. The lowest BCUT2D eigenvalue weighted by Gasteiger charge is -2.20. The molecule has 1 rings (SSSR count). The van der Waals surface area contributed by atoms with E-state index in [1.807, 2.05) is 20.0 Å². The smallest absolute Gasteiger partial charge is 0.145 e. The number of hydrazine groups is 1. The molecule has 0 fully saturated rings. The average Bonchev–Trinajstić information content (AvgIpc) is 2.27. The number of nitrogens with two attached hydrogens (primary N) is 1. The van der Waals surface area contributed by atoms with Gasteiger partial charge in [-0.2, -0.15) is 0 Å². The molecule has 0 unspecified atom stereocenters. The molecule has 0 amide bonds. The van der Waals surface area contributed by atoms with Crippen LogP contribution in [0.1, 0.15) is 12.2 Å². The second kappa shape index (κ2) is 6.36. The van der Waals surface area contributed by atoms with Gasteiger partial charge in [-0.15, -0.1) is 0 Å². The summed E-state index contributed by atoms with van der Waals surface area (Å²) >= 11 is 0. The van der Waals surface area contributed by atoms with Gasteiger partial charge >= 0.3 is 0 Å². The molecule has 0 aliphatic rings. The first kappa shape index (κ1) is 13.7. The highest BCUT2D eigenvalue weighted by atomic mass is 15.3. The van der Waals surface area contributed by atoms with Crippen molar-refractivity contribution in [1.29, 1.82) is 0 Å². The number of rotatable bonds is 6. The van der Waals surface area contributed by atoms with Gasteiger partial charge in [0.25, 0.3) is 0 Å². The third-order valence-corrected chi connectivity index (χ3v) is 2.46. The Morgan fingerprint density at radius 1 is 1.24 bits per heavy atom. The van der Waals surface area contributed by atoms with Gasteiger partial charge in [0.1, 0.15) is 17.5 Å². The van der Waals surface area contributed by atoms with Crippen LogP contribution in [0.2, 0.25) is 0 Å². The first-order valence-electron chi connectivity index (χ1n) is 5.71. The molecule has 0 saturated carbocycles. The van der Waals surface area contributed by atoms with Crippen LogP contribution < -0.4 is 16.2 Å². The van der Waals surface area contributed by atoms with Crippen LogP contribution in [0.4, 0.5) is 11.6 Å². The average molecular weight is 238 g/mol. The van der Waals surface area contributed by atoms with E-state index in [1.54, 1.807) is 0 Å². The number of anilines is 2. The second-order valence-corrected chi connectivity index (χ2v) is 4.38. The lowest BCUT2D eigenvalue weighted by atomic mass is 10.3. The zero-order valence-electron chi connectivity index (χ0n) is 11.1. The van der Waals surface area contributed by atoms with E-state index in [0.717, 1.165) is 31.2 Å². The molecule has 0 aliphatic carbocycles. The maximum absolute atomic E-state index is 5.36. The number of nitrogen functional groups attached to an aromatic ring is 1. The van der Waals surface area contributed by atoms with Crippen LogP contribution in [0.5, 0.6) is 0 Å². The minimum absolute atomic E-state index is 0.645. The standard InChI is InChI=1S/C11H22N6/c1-9-13-10(15-12)8-11(14-9)17(4)7-5-6-16(2)3/h8H,5-7,12H2,1-4H3,(H,13,14,15). The molecule has 96 valence electrons. The predicted molar refractivity (Wildman–Crippen MR) is 71.0 cm³/mol. The minimum atomic E-state index is 0.645. The quantitative estimate of drug-likeness (QED) is 0.554. The zero-order chi connectivity index (χ0) is 12.8. The molecule has 1 aromatic rings. The Kier molecular flexibility index (Phi) is 5.11. The fraction of sp³-hybridized carbons (Fsp3) is 0.636. The van der Waals surface area contributed by atoms with Gasteiger partial charge in [-0.05, 0) is 34.0 Å². The van der Waals surface area contributed by atoms with Crippen molar-refractivity contribution in [3.8, 4) is 0 Å². The highest BCUT2D eigenvalue weighted by Crippen LogP contribution is 2.13. The van der Waals surface area contributed by atoms with Crippen LogP contribution in [0.15, 0.2) is 6.07 Å². The number of nitrogens with zero attached hydrogens (tertiary/aromatic N) is 4. The summed E-state index contributed by atoms with van der Waals surface area (Å²) in [6.45, 7) is 3.88. The van der Waals surface area contributed by atoms with Gasteiger partial charge in [-0.3, -0.25) is 0 Å². The summed E-state index contributed by atoms with van der Waals surface area (Å²) in [6, 6.07) is 1.85. The Bertz CT molecular complexity index is 352. The van der Waals surface area contributed by atoms with Crippen LogP contribution in [0, 0.1) is 6.92 Å². The molecule has 6 nitrogen and oxygen atoms in total. The monoisotopic (exact) mass is 238 g/mol. The van der Waals surface area contributed by atoms with Gasteiger partial charge < -0.3 is 15.2 Å². The van der Waals surface area contributed by atoms with E-state index in [9.17, 15) is 0 Å². The molecule has 0 spiro atoms. The summed E-state index contributed by atoms with van der Waals surface area (Å²) in [4.78, 5) is 12.8. The molecule has 0 atom stereocenters. The van der Waals surface area contributed by atoms with E-state index in [1.165, 1.54) is 0 Å². The van der Waals surface area contributed by atoms with Crippen LogP contribution in [0.25, 0.3) is 0 Å². The van der Waals surface area contributed by atoms with Crippen LogP contribution in [-0.2, 0) is 0 Å². The molecule has 0 bridgehead atoms. The van der Waals surface area contributed by atoms with E-state index in [4.69, 9.17) is 5.84 Å². The van der Waals surface area contributed by atoms with E-state index in [0.29, 0.717) is 5.82 Å². The SMILES string of the molecule is Cc1nc(NN)cc(N(C)CCCN(C)C)n1. The van der Waals surface area contributed by atoms with E-state index in [-0.39, 0.29) is 0 Å². The maximum Gasteiger partial charge on any atom is 0.145 e. The molecular weight excluding hydrogens is 216 g/mol. The summed E-state index contributed by atoms with van der Waals surface area (Å²) in [5.41, 5.74) is 2.55. The fourth-order valence-electron chi connectivity index (χ4n) is 1.56. The molecule has 0 radical (unpaired) electrons. The van der Waals surface area contributed by atoms with Gasteiger partial charge in [0.15, 0.2) is 0 Å². The van der Waals surface area contributed by atoms with Gasteiger partial charge in [0.05, 0.1) is 0 Å². The van der Waals surface area contributed by atoms with E-state index >= 15 is 0 Å². The van der Waals surface area contributed by atoms with E-state index < -0.39 is 0 Å². The van der Waals surface area contributed by atoms with Crippen molar-refractivity contribution in [1.82, 2.24) is 14.9 Å². The third-order valence-electron chi connectivity index (χ3n) is 2.46. The van der Waals surface area contributed by atoms with Gasteiger partial charge in [0, 0.05) is 19.7 Å². The summed E-state index contributed by atoms with van der Waals surface area (Å²) in [6.07, 6.45) is 1.10. The minimum Gasteiger partial charge on any atom is -0.359 e. The maximum atomic E-state index is 5.36. The molecule has 0 aliphatic heterocycles. The number of hydrogen-bond acceptors (Lipinski definition) is 6. The van der Waals surface area contributed by atoms with Gasteiger partial charge in [-0.1, -0.05) is 0 Å². The summed E-state index contributed by atoms with van der Waals surface area (Å²) < 4.78 is 0. The van der Waals surface area contributed by atoms with Crippen molar-refractivity contribution in [2.24, 2.45) is 5.84 Å². The fourth-order valence-corrected chi connectivity index (χ4v) is 1.56. The van der Waals surface area contributed by atoms with Crippen molar-refractivity contribution in [3.63, 3.8) is 0 Å². The Labute approximate surface area is 103 Å². The van der Waals surface area contributed by atoms with Crippen molar-refractivity contribution in [2.75, 3.05) is 44.6 Å². The Hall–Kier alpha value is -1.40. The summed E-state index contributed by atoms with van der Waals surface area (Å²) in [7, 11) is 6.17. The molecule has 0 saturated heterocycles. The molecule has 1 heterocycles. The molecule has 1 aromatic heterocycles. The largest absolute Gasteiger partial charge is 0.359 e. The normalized spacial score (nSPS) is 10.7. The predicted octanol–water partition coefficient (Wildman–Crippen LogP) is 0.459. The third kappa shape index (κ3) is 4.54. The first-order chi connectivity index (χ1) is 8.02. The lowest BCUT2D eigenvalue weighted by Crippen LogP contribution is -2.24. The molecule has 0 aromatic carbocycles. The number of hydrogen-bond donors (Lipinski definition) is 2. The highest BCUT2D eigenvalue weighted by molar-refractivity contribution is 5.48. The molecular formula is C11H22N6. The summed E-state index contributed by atoms with van der Waals surface area (Å²) in [5.74, 6) is 7.62. The molecule has 3 N–H and O–H groups in total. The van der Waals surface area contributed by atoms with E-state index in [2.05, 4.69) is 39.3 Å². The van der Waals surface area contributed by atoms with Crippen LogP contribution >= 0.6 is 0 Å². The first-order valence-corrected chi connectivity index (χ1v) is 5.71. The Morgan fingerprint density at radius 3 is 2.53 bits per heavy atom. The lowest BCUT2D eigenvalue weighted by molar-refractivity contribution is 0.401. The molecule has 6 heteroatoms. The Morgan fingerprint density at radius 2 is 1.94 bits per heavy atom. The summed E-state index contributed by atoms with van der Waals surface area (Å²) in [5, 5.41) is 0. The second-order valence-electron chi connectivity index (χ2n) is 4.38. The van der Waals surface area contributed by atoms with Crippen molar-refractivity contribution >= 4 is 11.6 Å².